The molecular weight excluding hydrogens is 246 g/mol. The Kier molecular flexibility index (Phi) is 5.69. The van der Waals surface area contributed by atoms with Crippen molar-refractivity contribution in [1.82, 2.24) is 9.97 Å². The number of hydrogen-bond donors (Lipinski definition) is 1. The Morgan fingerprint density at radius 1 is 1.58 bits per heavy atom. The zero-order valence-electron chi connectivity index (χ0n) is 11.9. The average molecular weight is 267 g/mol. The summed E-state index contributed by atoms with van der Waals surface area (Å²) in [5.74, 6) is -0.454. The maximum Gasteiger partial charge on any atom is 0.339 e. The summed E-state index contributed by atoms with van der Waals surface area (Å²) in [5.41, 5.74) is 0.614. The molecule has 1 atom stereocenters. The molecule has 0 radical (unpaired) electrons. The van der Waals surface area contributed by atoms with Crippen LogP contribution in [0.4, 0.5) is 5.95 Å². The molecule has 0 spiro atoms. The Hall–Kier alpha value is -1.69. The minimum Gasteiger partial charge on any atom is -0.478 e. The van der Waals surface area contributed by atoms with Gasteiger partial charge >= 0.3 is 5.97 Å². The van der Waals surface area contributed by atoms with Crippen LogP contribution in [0.15, 0.2) is 6.20 Å². The van der Waals surface area contributed by atoms with Crippen LogP contribution in [0.1, 0.15) is 36.3 Å². The predicted molar refractivity (Wildman–Crippen MR) is 72.7 cm³/mol. The summed E-state index contributed by atoms with van der Waals surface area (Å²) in [6.45, 7) is 7.10. The normalized spacial score (nSPS) is 12.2. The van der Waals surface area contributed by atoms with E-state index < -0.39 is 5.97 Å². The Balaban J connectivity index is 3.02. The number of aromatic nitrogens is 2. The Morgan fingerprint density at radius 3 is 2.74 bits per heavy atom. The van der Waals surface area contributed by atoms with E-state index in [0.29, 0.717) is 24.8 Å². The number of carboxylic acid groups (broad SMARTS) is 1. The van der Waals surface area contributed by atoms with E-state index in [9.17, 15) is 4.79 Å². The van der Waals surface area contributed by atoms with Crippen LogP contribution in [0.2, 0.25) is 0 Å². The summed E-state index contributed by atoms with van der Waals surface area (Å²) in [5, 5.41) is 8.98. The first-order valence-corrected chi connectivity index (χ1v) is 6.33. The van der Waals surface area contributed by atoms with Crippen molar-refractivity contribution in [1.29, 1.82) is 0 Å². The summed E-state index contributed by atoms with van der Waals surface area (Å²) >= 11 is 0. The third-order valence-corrected chi connectivity index (χ3v) is 3.11. The fourth-order valence-corrected chi connectivity index (χ4v) is 1.73. The number of hydrogen-bond acceptors (Lipinski definition) is 5. The number of aryl methyl sites for hydroxylation is 1. The van der Waals surface area contributed by atoms with Crippen LogP contribution >= 0.6 is 0 Å². The highest BCUT2D eigenvalue weighted by Crippen LogP contribution is 2.15. The highest BCUT2D eigenvalue weighted by atomic mass is 16.5. The molecule has 1 heterocycles. The van der Waals surface area contributed by atoms with Gasteiger partial charge in [0.25, 0.3) is 0 Å². The lowest BCUT2D eigenvalue weighted by Crippen LogP contribution is -2.37. The number of nitrogens with zero attached hydrogens (tertiary/aromatic N) is 3. The number of methoxy groups -OCH3 is 1. The standard InChI is InChI=1S/C13H21N3O3/c1-5-9(2)16(6-7-19-4)13-14-8-11(12(17)18)10(3)15-13/h8-9H,5-7H2,1-4H3,(H,17,18). The Bertz CT molecular complexity index is 437. The second kappa shape index (κ2) is 7.04. The van der Waals surface area contributed by atoms with E-state index >= 15 is 0 Å². The summed E-state index contributed by atoms with van der Waals surface area (Å²) in [4.78, 5) is 21.4. The van der Waals surface area contributed by atoms with E-state index in [2.05, 4.69) is 23.8 Å². The zero-order chi connectivity index (χ0) is 14.4. The second-order valence-corrected chi connectivity index (χ2v) is 4.42. The monoisotopic (exact) mass is 267 g/mol. The van der Waals surface area contributed by atoms with Gasteiger partial charge in [-0.25, -0.2) is 14.8 Å². The highest BCUT2D eigenvalue weighted by Gasteiger charge is 2.18. The molecule has 0 aliphatic heterocycles. The molecule has 1 rings (SSSR count). The van der Waals surface area contributed by atoms with Crippen LogP contribution < -0.4 is 4.90 Å². The number of carbonyl (C=O) groups is 1. The molecule has 6 heteroatoms. The maximum atomic E-state index is 11.0. The van der Waals surface area contributed by atoms with E-state index in [1.807, 2.05) is 4.90 Å². The fourth-order valence-electron chi connectivity index (χ4n) is 1.73. The molecule has 1 aromatic rings. The van der Waals surface area contributed by atoms with Crippen molar-refractivity contribution in [3.63, 3.8) is 0 Å². The summed E-state index contributed by atoms with van der Waals surface area (Å²) in [6, 6.07) is 0.269. The molecule has 0 aromatic carbocycles. The second-order valence-electron chi connectivity index (χ2n) is 4.42. The third kappa shape index (κ3) is 3.89. The molecule has 1 aromatic heterocycles. The lowest BCUT2D eigenvalue weighted by Gasteiger charge is -2.28. The highest BCUT2D eigenvalue weighted by molar-refractivity contribution is 5.88. The topological polar surface area (TPSA) is 75.5 Å². The van der Waals surface area contributed by atoms with E-state index in [4.69, 9.17) is 9.84 Å². The largest absolute Gasteiger partial charge is 0.478 e. The smallest absolute Gasteiger partial charge is 0.339 e. The van der Waals surface area contributed by atoms with Crippen molar-refractivity contribution in [3.05, 3.63) is 17.5 Å². The first kappa shape index (κ1) is 15.4. The van der Waals surface area contributed by atoms with Crippen molar-refractivity contribution in [2.75, 3.05) is 25.2 Å². The zero-order valence-corrected chi connectivity index (χ0v) is 11.9. The van der Waals surface area contributed by atoms with Crippen LogP contribution in [0.25, 0.3) is 0 Å². The summed E-state index contributed by atoms with van der Waals surface area (Å²) < 4.78 is 5.09. The van der Waals surface area contributed by atoms with Crippen LogP contribution in [0.3, 0.4) is 0 Å². The van der Waals surface area contributed by atoms with Crippen LogP contribution in [0, 0.1) is 6.92 Å². The maximum absolute atomic E-state index is 11.0. The molecule has 0 bridgehead atoms. The van der Waals surface area contributed by atoms with Gasteiger partial charge in [-0.15, -0.1) is 0 Å². The molecule has 0 saturated carbocycles. The van der Waals surface area contributed by atoms with Gasteiger partial charge in [0.05, 0.1) is 17.9 Å². The molecule has 0 saturated heterocycles. The molecule has 6 nitrogen and oxygen atoms in total. The van der Waals surface area contributed by atoms with Gasteiger partial charge in [-0.2, -0.15) is 0 Å². The van der Waals surface area contributed by atoms with Crippen molar-refractivity contribution < 1.29 is 14.6 Å². The van der Waals surface area contributed by atoms with Gasteiger partial charge in [0.2, 0.25) is 5.95 Å². The molecule has 1 unspecified atom stereocenters. The van der Waals surface area contributed by atoms with Gasteiger partial charge < -0.3 is 14.7 Å². The average Bonchev–Trinajstić information content (AvgIpc) is 2.38. The summed E-state index contributed by atoms with van der Waals surface area (Å²) in [7, 11) is 1.65. The molecule has 19 heavy (non-hydrogen) atoms. The van der Waals surface area contributed by atoms with Crippen molar-refractivity contribution in [2.24, 2.45) is 0 Å². The Morgan fingerprint density at radius 2 is 2.26 bits per heavy atom. The van der Waals surface area contributed by atoms with Gasteiger partial charge in [0, 0.05) is 25.9 Å². The van der Waals surface area contributed by atoms with E-state index in [1.54, 1.807) is 14.0 Å². The SMILES string of the molecule is CCC(C)N(CCOC)c1ncc(C(=O)O)c(C)n1. The number of rotatable bonds is 7. The molecular formula is C13H21N3O3. The van der Waals surface area contributed by atoms with Gasteiger partial charge in [-0.05, 0) is 20.3 Å². The third-order valence-electron chi connectivity index (χ3n) is 3.11. The molecule has 0 fully saturated rings. The van der Waals surface area contributed by atoms with Gasteiger partial charge in [0.1, 0.15) is 0 Å². The molecule has 0 amide bonds. The van der Waals surface area contributed by atoms with Crippen molar-refractivity contribution >= 4 is 11.9 Å². The molecule has 0 aliphatic carbocycles. The van der Waals surface area contributed by atoms with Crippen molar-refractivity contribution in [2.45, 2.75) is 33.2 Å². The van der Waals surface area contributed by atoms with E-state index in [-0.39, 0.29) is 11.6 Å². The minimum atomic E-state index is -1.00. The van der Waals surface area contributed by atoms with Crippen molar-refractivity contribution in [3.8, 4) is 0 Å². The van der Waals surface area contributed by atoms with E-state index in [0.717, 1.165) is 6.42 Å². The Labute approximate surface area is 113 Å². The predicted octanol–water partition coefficient (Wildman–Crippen LogP) is 1.73. The minimum absolute atomic E-state index is 0.139. The van der Waals surface area contributed by atoms with Crippen LogP contribution in [-0.4, -0.2) is 47.3 Å². The van der Waals surface area contributed by atoms with Gasteiger partial charge in [-0.1, -0.05) is 6.92 Å². The molecule has 106 valence electrons. The number of carboxylic acids is 1. The number of ether oxygens (including phenoxy) is 1. The van der Waals surface area contributed by atoms with Gasteiger partial charge in [0.15, 0.2) is 0 Å². The lowest BCUT2D eigenvalue weighted by atomic mass is 10.2. The summed E-state index contributed by atoms with van der Waals surface area (Å²) in [6.07, 6.45) is 2.31. The fraction of sp³-hybridized carbons (Fsp3) is 0.615. The quantitative estimate of drug-likeness (QED) is 0.811. The molecule has 0 aliphatic rings. The van der Waals surface area contributed by atoms with E-state index in [1.165, 1.54) is 6.20 Å². The number of anilines is 1. The lowest BCUT2D eigenvalue weighted by molar-refractivity contribution is 0.0695. The molecule has 1 N–H and O–H groups in total. The van der Waals surface area contributed by atoms with Gasteiger partial charge in [-0.3, -0.25) is 0 Å². The van der Waals surface area contributed by atoms with Crippen LogP contribution in [-0.2, 0) is 4.74 Å². The number of aromatic carboxylic acids is 1. The first-order valence-electron chi connectivity index (χ1n) is 6.33. The van der Waals surface area contributed by atoms with Crippen LogP contribution in [0.5, 0.6) is 0 Å². The first-order chi connectivity index (χ1) is 9.01.